The van der Waals surface area contributed by atoms with E-state index in [1.54, 1.807) is 66.7 Å². The molecule has 0 spiro atoms. The van der Waals surface area contributed by atoms with Gasteiger partial charge in [-0.1, -0.05) is 41.4 Å². The molecule has 0 aliphatic carbocycles. The average molecular weight is 393 g/mol. The molecule has 3 aromatic carbocycles. The third-order valence-electron chi connectivity index (χ3n) is 3.85. The molecule has 0 aliphatic rings. The van der Waals surface area contributed by atoms with Crippen molar-refractivity contribution < 1.29 is 14.3 Å². The smallest absolute Gasteiger partial charge is 0.343 e. The standard InChI is InChI=1S/C22H17ClN2O3/c1-15-5-4-7-17(13-15)21(26)25-24-14-18-6-2-3-8-20(18)28-22(27)16-9-11-19(23)12-10-16/h2-14H,1H3,(H,25,26). The highest BCUT2D eigenvalue weighted by Gasteiger charge is 2.11. The number of hydrogen-bond acceptors (Lipinski definition) is 4. The number of carbonyl (C=O) groups is 2. The molecule has 0 bridgehead atoms. The van der Waals surface area contributed by atoms with E-state index < -0.39 is 5.97 Å². The molecule has 0 saturated carbocycles. The van der Waals surface area contributed by atoms with Crippen molar-refractivity contribution in [3.8, 4) is 5.75 Å². The van der Waals surface area contributed by atoms with Crippen LogP contribution in [-0.4, -0.2) is 18.1 Å². The highest BCUT2D eigenvalue weighted by atomic mass is 35.5. The predicted molar refractivity (Wildman–Crippen MR) is 109 cm³/mol. The van der Waals surface area contributed by atoms with Crippen LogP contribution in [0, 0.1) is 6.92 Å². The van der Waals surface area contributed by atoms with Gasteiger partial charge in [-0.3, -0.25) is 4.79 Å². The van der Waals surface area contributed by atoms with Gasteiger partial charge in [0.15, 0.2) is 0 Å². The lowest BCUT2D eigenvalue weighted by Crippen LogP contribution is -2.17. The number of esters is 1. The van der Waals surface area contributed by atoms with Crippen LogP contribution in [0.4, 0.5) is 0 Å². The highest BCUT2D eigenvalue weighted by Crippen LogP contribution is 2.18. The fourth-order valence-electron chi connectivity index (χ4n) is 2.44. The van der Waals surface area contributed by atoms with E-state index in [0.29, 0.717) is 27.5 Å². The van der Waals surface area contributed by atoms with Crippen LogP contribution in [0.2, 0.25) is 5.02 Å². The van der Waals surface area contributed by atoms with Gasteiger partial charge in [0, 0.05) is 16.1 Å². The number of ether oxygens (including phenoxy) is 1. The molecule has 5 nitrogen and oxygen atoms in total. The van der Waals surface area contributed by atoms with E-state index in [1.807, 2.05) is 13.0 Å². The third kappa shape index (κ3) is 5.05. The van der Waals surface area contributed by atoms with E-state index >= 15 is 0 Å². The molecule has 6 heteroatoms. The summed E-state index contributed by atoms with van der Waals surface area (Å²) in [5, 5.41) is 4.50. The molecule has 0 aromatic heterocycles. The number of para-hydroxylation sites is 1. The molecule has 0 unspecified atom stereocenters. The second kappa shape index (κ2) is 8.97. The van der Waals surface area contributed by atoms with E-state index in [0.717, 1.165) is 5.56 Å². The molecular formula is C22H17ClN2O3. The Kier molecular flexibility index (Phi) is 6.19. The van der Waals surface area contributed by atoms with E-state index in [-0.39, 0.29) is 5.91 Å². The lowest BCUT2D eigenvalue weighted by atomic mass is 10.1. The largest absolute Gasteiger partial charge is 0.422 e. The Morgan fingerprint density at radius 2 is 1.71 bits per heavy atom. The zero-order chi connectivity index (χ0) is 19.9. The van der Waals surface area contributed by atoms with Gasteiger partial charge < -0.3 is 4.74 Å². The maximum absolute atomic E-state index is 12.3. The Morgan fingerprint density at radius 1 is 0.964 bits per heavy atom. The summed E-state index contributed by atoms with van der Waals surface area (Å²) >= 11 is 5.83. The van der Waals surface area contributed by atoms with Crippen LogP contribution in [0.25, 0.3) is 0 Å². The van der Waals surface area contributed by atoms with Crippen molar-refractivity contribution in [1.82, 2.24) is 5.43 Å². The van der Waals surface area contributed by atoms with Crippen molar-refractivity contribution >= 4 is 29.7 Å². The van der Waals surface area contributed by atoms with Crippen LogP contribution >= 0.6 is 11.6 Å². The van der Waals surface area contributed by atoms with E-state index in [2.05, 4.69) is 10.5 Å². The Labute approximate surface area is 167 Å². The summed E-state index contributed by atoms with van der Waals surface area (Å²) in [6.07, 6.45) is 1.43. The normalized spacial score (nSPS) is 10.6. The quantitative estimate of drug-likeness (QED) is 0.298. The maximum atomic E-state index is 12.3. The number of hydrogen-bond donors (Lipinski definition) is 1. The van der Waals surface area contributed by atoms with Gasteiger partial charge in [-0.2, -0.15) is 5.10 Å². The van der Waals surface area contributed by atoms with Crippen molar-refractivity contribution in [2.45, 2.75) is 6.92 Å². The summed E-state index contributed by atoms with van der Waals surface area (Å²) in [4.78, 5) is 24.4. The molecule has 28 heavy (non-hydrogen) atoms. The summed E-state index contributed by atoms with van der Waals surface area (Å²) < 4.78 is 5.44. The summed E-state index contributed by atoms with van der Waals surface area (Å²) in [7, 11) is 0. The fourth-order valence-corrected chi connectivity index (χ4v) is 2.56. The SMILES string of the molecule is Cc1cccc(C(=O)NN=Cc2ccccc2OC(=O)c2ccc(Cl)cc2)c1. The fraction of sp³-hybridized carbons (Fsp3) is 0.0455. The number of benzene rings is 3. The molecule has 0 radical (unpaired) electrons. The van der Waals surface area contributed by atoms with E-state index in [9.17, 15) is 9.59 Å². The molecule has 3 rings (SSSR count). The van der Waals surface area contributed by atoms with Gasteiger partial charge in [-0.25, -0.2) is 10.2 Å². The number of hydrazone groups is 1. The Hall–Kier alpha value is -3.44. The number of rotatable bonds is 5. The molecule has 0 atom stereocenters. The Bertz CT molecular complexity index is 1030. The first-order valence-corrected chi connectivity index (χ1v) is 8.87. The predicted octanol–water partition coefficient (Wildman–Crippen LogP) is 4.63. The monoisotopic (exact) mass is 392 g/mol. The number of nitrogens with zero attached hydrogens (tertiary/aromatic N) is 1. The topological polar surface area (TPSA) is 67.8 Å². The van der Waals surface area contributed by atoms with E-state index in [1.165, 1.54) is 6.21 Å². The lowest BCUT2D eigenvalue weighted by molar-refractivity contribution is 0.0734. The van der Waals surface area contributed by atoms with Crippen LogP contribution in [0.3, 0.4) is 0 Å². The molecule has 3 aromatic rings. The second-order valence-corrected chi connectivity index (χ2v) is 6.44. The van der Waals surface area contributed by atoms with E-state index in [4.69, 9.17) is 16.3 Å². The lowest BCUT2D eigenvalue weighted by Gasteiger charge is -2.07. The van der Waals surface area contributed by atoms with Crippen LogP contribution in [-0.2, 0) is 0 Å². The highest BCUT2D eigenvalue weighted by molar-refractivity contribution is 6.30. The molecule has 0 aliphatic heterocycles. The minimum absolute atomic E-state index is 0.324. The third-order valence-corrected chi connectivity index (χ3v) is 4.10. The Morgan fingerprint density at radius 3 is 2.46 bits per heavy atom. The van der Waals surface area contributed by atoms with Crippen LogP contribution < -0.4 is 10.2 Å². The molecule has 0 heterocycles. The first-order chi connectivity index (χ1) is 13.5. The minimum Gasteiger partial charge on any atom is -0.422 e. The number of halogens is 1. The number of carbonyl (C=O) groups excluding carboxylic acids is 2. The molecule has 0 saturated heterocycles. The zero-order valence-corrected chi connectivity index (χ0v) is 15.8. The summed E-state index contributed by atoms with van der Waals surface area (Å²) in [5.74, 6) is -0.507. The van der Waals surface area contributed by atoms with Gasteiger partial charge in [-0.05, 0) is 55.5 Å². The van der Waals surface area contributed by atoms with Gasteiger partial charge in [0.05, 0.1) is 11.8 Å². The van der Waals surface area contributed by atoms with Gasteiger partial charge >= 0.3 is 5.97 Å². The van der Waals surface area contributed by atoms with Gasteiger partial charge in [-0.15, -0.1) is 0 Å². The van der Waals surface area contributed by atoms with Crippen LogP contribution in [0.15, 0.2) is 77.9 Å². The maximum Gasteiger partial charge on any atom is 0.343 e. The molecule has 1 amide bonds. The van der Waals surface area contributed by atoms with Crippen molar-refractivity contribution in [3.05, 3.63) is 100 Å². The van der Waals surface area contributed by atoms with Crippen LogP contribution in [0.5, 0.6) is 5.75 Å². The van der Waals surface area contributed by atoms with Crippen molar-refractivity contribution in [3.63, 3.8) is 0 Å². The zero-order valence-electron chi connectivity index (χ0n) is 15.1. The molecule has 0 fully saturated rings. The number of aryl methyl sites for hydroxylation is 1. The summed E-state index contributed by atoms with van der Waals surface area (Å²) in [6, 6.07) is 20.5. The van der Waals surface area contributed by atoms with Gasteiger partial charge in [0.1, 0.15) is 5.75 Å². The summed E-state index contributed by atoms with van der Waals surface area (Å²) in [5.41, 5.74) is 4.89. The molecular weight excluding hydrogens is 376 g/mol. The number of nitrogens with one attached hydrogen (secondary N) is 1. The van der Waals surface area contributed by atoms with Gasteiger partial charge in [0.2, 0.25) is 0 Å². The first-order valence-electron chi connectivity index (χ1n) is 8.50. The Balaban J connectivity index is 1.69. The van der Waals surface area contributed by atoms with Crippen molar-refractivity contribution in [2.24, 2.45) is 5.10 Å². The molecule has 140 valence electrons. The first kappa shape index (κ1) is 19.3. The molecule has 1 N–H and O–H groups in total. The number of amides is 1. The van der Waals surface area contributed by atoms with Gasteiger partial charge in [0.25, 0.3) is 5.91 Å². The average Bonchev–Trinajstić information content (AvgIpc) is 2.69. The van der Waals surface area contributed by atoms with Crippen LogP contribution in [0.1, 0.15) is 31.8 Å². The summed E-state index contributed by atoms with van der Waals surface area (Å²) in [6.45, 7) is 1.91. The van der Waals surface area contributed by atoms with Crippen molar-refractivity contribution in [2.75, 3.05) is 0 Å². The van der Waals surface area contributed by atoms with Crippen molar-refractivity contribution in [1.29, 1.82) is 0 Å². The minimum atomic E-state index is -0.513. The second-order valence-electron chi connectivity index (χ2n) is 6.00.